The summed E-state index contributed by atoms with van der Waals surface area (Å²) in [6.07, 6.45) is 15.3. The summed E-state index contributed by atoms with van der Waals surface area (Å²) in [5.41, 5.74) is 29.8. The van der Waals surface area contributed by atoms with Gasteiger partial charge in [-0.25, -0.2) is 0 Å². The fourth-order valence-corrected chi connectivity index (χ4v) is 9.55. The van der Waals surface area contributed by atoms with Crippen LogP contribution in [0.1, 0.15) is 41.4 Å². The molecule has 0 saturated heterocycles. The van der Waals surface area contributed by atoms with Gasteiger partial charge >= 0.3 is 0 Å². The SMILES string of the molecule is NC(N=C(c1ccccc1)[C@H](N)C1C=CC=CC1)c1cccc(-n2c3c(c4ccc5c(cc6n5-c5ccccc5N(c5ccccc5)c5ccccc5-6)c42)C=CCC3)c1. The van der Waals surface area contributed by atoms with Crippen molar-refractivity contribution in [1.29, 1.82) is 0 Å². The van der Waals surface area contributed by atoms with E-state index in [4.69, 9.17) is 16.5 Å². The molecule has 6 nitrogen and oxygen atoms in total. The van der Waals surface area contributed by atoms with Gasteiger partial charge in [0.15, 0.2) is 0 Å². The second-order valence-corrected chi connectivity index (χ2v) is 15.7. The molecular weight excluding hydrogens is 721 g/mol. The number of anilines is 3. The van der Waals surface area contributed by atoms with E-state index in [1.807, 2.05) is 18.2 Å². The molecule has 0 fully saturated rings. The third kappa shape index (κ3) is 5.83. The Hall–Kier alpha value is -6.99. The summed E-state index contributed by atoms with van der Waals surface area (Å²) in [6, 6.07) is 53.9. The number of aromatic nitrogens is 2. The number of aliphatic imine (C=N–C) groups is 1. The van der Waals surface area contributed by atoms with E-state index in [2.05, 4.69) is 184 Å². The molecule has 1 aliphatic heterocycles. The lowest BCUT2D eigenvalue weighted by atomic mass is 9.87. The van der Waals surface area contributed by atoms with Crippen LogP contribution < -0.4 is 16.4 Å². The minimum absolute atomic E-state index is 0.142. The Morgan fingerprint density at radius 1 is 0.644 bits per heavy atom. The molecule has 0 radical (unpaired) electrons. The molecule has 3 aliphatic rings. The van der Waals surface area contributed by atoms with Crippen LogP contribution in [0.25, 0.3) is 50.5 Å². The maximum Gasteiger partial charge on any atom is 0.123 e. The van der Waals surface area contributed by atoms with Gasteiger partial charge in [-0.1, -0.05) is 134 Å². The Morgan fingerprint density at radius 3 is 2.20 bits per heavy atom. The Morgan fingerprint density at radius 2 is 1.39 bits per heavy atom. The van der Waals surface area contributed by atoms with Crippen LogP contribution in [0.3, 0.4) is 0 Å². The summed E-state index contributed by atoms with van der Waals surface area (Å²) in [5, 5.41) is 2.45. The molecule has 6 aromatic carbocycles. The molecule has 0 saturated carbocycles. The number of para-hydroxylation sites is 4. The maximum absolute atomic E-state index is 7.09. The fourth-order valence-electron chi connectivity index (χ4n) is 9.55. The minimum atomic E-state index is -0.608. The van der Waals surface area contributed by atoms with Gasteiger partial charge in [0, 0.05) is 44.9 Å². The van der Waals surface area contributed by atoms with Crippen molar-refractivity contribution < 1.29 is 0 Å². The van der Waals surface area contributed by atoms with Gasteiger partial charge in [0.2, 0.25) is 0 Å². The fraction of sp³-hybridized carbons (Fsp3) is 0.113. The third-order valence-electron chi connectivity index (χ3n) is 12.3. The second-order valence-electron chi connectivity index (χ2n) is 15.7. The van der Waals surface area contributed by atoms with Crippen molar-refractivity contribution in [3.8, 4) is 22.6 Å². The van der Waals surface area contributed by atoms with Gasteiger partial charge in [0.25, 0.3) is 0 Å². The normalized spacial score (nSPS) is 16.7. The van der Waals surface area contributed by atoms with Gasteiger partial charge in [-0.2, -0.15) is 0 Å². The average molecular weight is 765 g/mol. The summed E-state index contributed by atoms with van der Waals surface area (Å²) < 4.78 is 4.96. The Labute approximate surface area is 344 Å². The van der Waals surface area contributed by atoms with Crippen LogP contribution in [-0.4, -0.2) is 20.9 Å². The molecule has 2 unspecified atom stereocenters. The molecule has 6 heteroatoms. The van der Waals surface area contributed by atoms with Crippen molar-refractivity contribution in [1.82, 2.24) is 9.13 Å². The van der Waals surface area contributed by atoms with Gasteiger partial charge in [-0.3, -0.25) is 4.99 Å². The lowest BCUT2D eigenvalue weighted by Crippen LogP contribution is -2.39. The van der Waals surface area contributed by atoms with E-state index in [9.17, 15) is 0 Å². The van der Waals surface area contributed by atoms with Crippen LogP contribution >= 0.6 is 0 Å². The first-order chi connectivity index (χ1) is 29.1. The maximum atomic E-state index is 7.09. The zero-order valence-corrected chi connectivity index (χ0v) is 32.7. The summed E-state index contributed by atoms with van der Waals surface area (Å²) in [5.74, 6) is 0.142. The van der Waals surface area contributed by atoms with Gasteiger partial charge in [0.05, 0.1) is 45.5 Å². The second kappa shape index (κ2) is 14.4. The van der Waals surface area contributed by atoms with Crippen molar-refractivity contribution in [3.05, 3.63) is 204 Å². The quantitative estimate of drug-likeness (QED) is 0.159. The summed E-state index contributed by atoms with van der Waals surface area (Å²) >= 11 is 0. The highest BCUT2D eigenvalue weighted by Crippen LogP contribution is 2.50. The zero-order chi connectivity index (χ0) is 39.5. The van der Waals surface area contributed by atoms with Crippen molar-refractivity contribution in [2.24, 2.45) is 22.4 Å². The van der Waals surface area contributed by atoms with E-state index < -0.39 is 6.17 Å². The Balaban J connectivity index is 1.10. The lowest BCUT2D eigenvalue weighted by Gasteiger charge is -2.26. The highest BCUT2D eigenvalue weighted by atomic mass is 15.2. The highest BCUT2D eigenvalue weighted by molar-refractivity contribution is 6.13. The molecule has 286 valence electrons. The first-order valence-electron chi connectivity index (χ1n) is 20.6. The summed E-state index contributed by atoms with van der Waals surface area (Å²) in [6.45, 7) is 0. The van der Waals surface area contributed by atoms with Crippen molar-refractivity contribution in [2.45, 2.75) is 31.5 Å². The number of fused-ring (bicyclic) bond motifs is 11. The van der Waals surface area contributed by atoms with Crippen molar-refractivity contribution in [3.63, 3.8) is 0 Å². The molecule has 11 rings (SSSR count). The van der Waals surface area contributed by atoms with E-state index in [0.717, 1.165) is 75.7 Å². The van der Waals surface area contributed by atoms with E-state index in [0.29, 0.717) is 0 Å². The van der Waals surface area contributed by atoms with Gasteiger partial charge in [-0.05, 0) is 85.0 Å². The Bertz CT molecular complexity index is 3020. The van der Waals surface area contributed by atoms with Crippen LogP contribution in [-0.2, 0) is 6.42 Å². The molecule has 59 heavy (non-hydrogen) atoms. The van der Waals surface area contributed by atoms with Crippen LogP contribution in [0.5, 0.6) is 0 Å². The van der Waals surface area contributed by atoms with E-state index >= 15 is 0 Å². The average Bonchev–Trinajstić information content (AvgIpc) is 3.82. The molecule has 3 atom stereocenters. The number of rotatable bonds is 7. The third-order valence-corrected chi connectivity index (χ3v) is 12.3. The minimum Gasteiger partial charge on any atom is -0.322 e. The first kappa shape index (κ1) is 35.2. The number of hydrogen-bond acceptors (Lipinski definition) is 4. The number of allylic oxidation sites excluding steroid dienone is 4. The van der Waals surface area contributed by atoms with Crippen LogP contribution in [0.4, 0.5) is 17.1 Å². The van der Waals surface area contributed by atoms with E-state index in [1.165, 1.54) is 33.1 Å². The predicted octanol–water partition coefficient (Wildman–Crippen LogP) is 11.9. The largest absolute Gasteiger partial charge is 0.322 e. The van der Waals surface area contributed by atoms with E-state index in [1.54, 1.807) is 0 Å². The van der Waals surface area contributed by atoms with Crippen LogP contribution in [0.15, 0.2) is 187 Å². The predicted molar refractivity (Wildman–Crippen MR) is 245 cm³/mol. The summed E-state index contributed by atoms with van der Waals surface area (Å²) in [7, 11) is 0. The Kier molecular flexibility index (Phi) is 8.61. The van der Waals surface area contributed by atoms with Crippen LogP contribution in [0, 0.1) is 5.92 Å². The molecule has 2 aliphatic carbocycles. The standard InChI is InChI=1S/C53H44N6/c54-50(35-17-4-1-5-18-35)51(36-19-6-2-7-20-36)56-53(55)37-21-16-24-39(33-37)58-44-27-12-10-25-40(44)41-31-32-46-43(52(41)58)34-49-42-26-11-13-28-45(42)57(38-22-8-3-9-23-38)47-29-14-15-30-48(47)59(46)49/h1-11,13-17,19-26,28-35,50,53H,12,18,27,54-55H2/t35?,50-,53?/m1/s1. The molecule has 0 bridgehead atoms. The molecule has 0 amide bonds. The smallest absolute Gasteiger partial charge is 0.123 e. The number of nitrogens with zero attached hydrogens (tertiary/aromatic N) is 4. The van der Waals surface area contributed by atoms with Gasteiger partial charge in [0.1, 0.15) is 6.17 Å². The molecule has 4 N–H and O–H groups in total. The molecule has 3 heterocycles. The van der Waals surface area contributed by atoms with Crippen molar-refractivity contribution in [2.75, 3.05) is 4.90 Å². The molecular formula is C53H44N6. The van der Waals surface area contributed by atoms with Gasteiger partial charge < -0.3 is 25.5 Å². The zero-order valence-electron chi connectivity index (χ0n) is 32.7. The molecule has 8 aromatic rings. The molecule has 0 spiro atoms. The topological polar surface area (TPSA) is 77.5 Å². The van der Waals surface area contributed by atoms with Crippen molar-refractivity contribution >= 4 is 50.7 Å². The van der Waals surface area contributed by atoms with Gasteiger partial charge in [-0.15, -0.1) is 0 Å². The number of hydrogen-bond donors (Lipinski definition) is 2. The van der Waals surface area contributed by atoms with E-state index in [-0.39, 0.29) is 12.0 Å². The molecule has 2 aromatic heterocycles. The highest BCUT2D eigenvalue weighted by Gasteiger charge is 2.30. The lowest BCUT2D eigenvalue weighted by molar-refractivity contribution is 0.597. The van der Waals surface area contributed by atoms with Crippen LogP contribution in [0.2, 0.25) is 0 Å². The summed E-state index contributed by atoms with van der Waals surface area (Å²) in [4.78, 5) is 7.61. The number of benzene rings is 6. The first-order valence-corrected chi connectivity index (χ1v) is 20.6. The monoisotopic (exact) mass is 764 g/mol. The number of nitrogens with two attached hydrogens (primary N) is 2.